The molecule has 0 atom stereocenters. The molecule has 2 aromatic carbocycles. The van der Waals surface area contributed by atoms with Gasteiger partial charge in [0, 0.05) is 11.5 Å². The van der Waals surface area contributed by atoms with Crippen molar-refractivity contribution in [2.75, 3.05) is 0 Å². The minimum Gasteiger partial charge on any atom is -0.473 e. The van der Waals surface area contributed by atoms with Gasteiger partial charge >= 0.3 is 7.48 Å². The molecule has 6 heteroatoms. The van der Waals surface area contributed by atoms with Crippen LogP contribution in [0.4, 0.5) is 0 Å². The van der Waals surface area contributed by atoms with E-state index < -0.39 is 11.2 Å². The molecule has 1 aromatic heterocycles. The van der Waals surface area contributed by atoms with Gasteiger partial charge in [-0.3, -0.25) is 0 Å². The average molecular weight is 418 g/mol. The minimum atomic E-state index is -1.03. The molecular weight excluding hydrogens is 389 g/mol. The largest absolute Gasteiger partial charge is 0.473 e. The molecule has 3 aromatic rings. The molecule has 161 valence electrons. The summed E-state index contributed by atoms with van der Waals surface area (Å²) in [7, 11) is 1.58. The topological polar surface area (TPSA) is 60.8 Å². The molecule has 1 radical (unpaired) electrons. The Labute approximate surface area is 185 Å². The summed E-state index contributed by atoms with van der Waals surface area (Å²) >= 11 is 0. The molecule has 0 aliphatic carbocycles. The first-order valence-electron chi connectivity index (χ1n) is 10.3. The van der Waals surface area contributed by atoms with E-state index in [0.717, 1.165) is 11.1 Å². The van der Waals surface area contributed by atoms with Gasteiger partial charge in [-0.15, -0.1) is 0 Å². The smallest absolute Gasteiger partial charge is 0.336 e. The van der Waals surface area contributed by atoms with E-state index in [4.69, 9.17) is 14.1 Å². The number of hydrogen-bond acceptors (Lipinski definition) is 5. The van der Waals surface area contributed by atoms with Crippen molar-refractivity contribution in [1.82, 2.24) is 4.98 Å². The van der Waals surface area contributed by atoms with E-state index in [0.29, 0.717) is 30.4 Å². The van der Waals surface area contributed by atoms with E-state index in [2.05, 4.69) is 4.98 Å². The van der Waals surface area contributed by atoms with Gasteiger partial charge in [0.25, 0.3) is 0 Å². The van der Waals surface area contributed by atoms with Crippen LogP contribution in [0, 0.1) is 0 Å². The van der Waals surface area contributed by atoms with E-state index in [1.807, 2.05) is 80.6 Å². The molecule has 0 spiro atoms. The lowest BCUT2D eigenvalue weighted by atomic mass is 9.83. The summed E-state index contributed by atoms with van der Waals surface area (Å²) < 4.78 is 17.8. The van der Waals surface area contributed by atoms with Crippen molar-refractivity contribution in [3.8, 4) is 11.8 Å². The predicted molar refractivity (Wildman–Crippen MR) is 123 cm³/mol. The fourth-order valence-electron chi connectivity index (χ4n) is 2.53. The molecule has 1 N–H and O–H groups in total. The van der Waals surface area contributed by atoms with E-state index in [1.54, 1.807) is 27.4 Å². The SMILES string of the molecule is CC(C)(O)C(C)(C)O[B]c1ccc(OCc2ccccc2)nc1OCc1ccccc1. The fraction of sp³-hybridized carbons (Fsp3) is 0.320. The van der Waals surface area contributed by atoms with Crippen LogP contribution in [0.3, 0.4) is 0 Å². The normalized spacial score (nSPS) is 11.8. The highest BCUT2D eigenvalue weighted by Gasteiger charge is 2.36. The van der Waals surface area contributed by atoms with Crippen LogP contribution in [-0.2, 0) is 17.9 Å². The quantitative estimate of drug-likeness (QED) is 0.504. The zero-order valence-electron chi connectivity index (χ0n) is 18.5. The molecule has 0 bridgehead atoms. The lowest BCUT2D eigenvalue weighted by Crippen LogP contribution is -2.49. The van der Waals surface area contributed by atoms with Gasteiger partial charge < -0.3 is 19.2 Å². The Kier molecular flexibility index (Phi) is 7.36. The number of aromatic nitrogens is 1. The van der Waals surface area contributed by atoms with E-state index >= 15 is 0 Å². The maximum absolute atomic E-state index is 10.4. The van der Waals surface area contributed by atoms with Gasteiger partial charge in [-0.25, -0.2) is 0 Å². The minimum absolute atomic E-state index is 0.367. The summed E-state index contributed by atoms with van der Waals surface area (Å²) in [5.41, 5.74) is 0.929. The summed E-state index contributed by atoms with van der Waals surface area (Å²) in [4.78, 5) is 4.55. The first kappa shape index (κ1) is 22.9. The highest BCUT2D eigenvalue weighted by Crippen LogP contribution is 2.25. The number of pyridine rings is 1. The summed E-state index contributed by atoms with van der Waals surface area (Å²) in [5, 5.41) is 10.4. The summed E-state index contributed by atoms with van der Waals surface area (Å²) in [6, 6.07) is 23.4. The second kappa shape index (κ2) is 9.99. The molecule has 1 heterocycles. The van der Waals surface area contributed by atoms with Crippen LogP contribution in [0.15, 0.2) is 72.8 Å². The lowest BCUT2D eigenvalue weighted by molar-refractivity contribution is -0.0893. The summed E-state index contributed by atoms with van der Waals surface area (Å²) in [5.74, 6) is 0.867. The third-order valence-corrected chi connectivity index (χ3v) is 5.27. The zero-order chi connectivity index (χ0) is 22.3. The first-order chi connectivity index (χ1) is 14.7. The van der Waals surface area contributed by atoms with Crippen molar-refractivity contribution in [1.29, 1.82) is 0 Å². The van der Waals surface area contributed by atoms with Crippen LogP contribution >= 0.6 is 0 Å². The molecular formula is C25H29BNO4. The van der Waals surface area contributed by atoms with Gasteiger partial charge in [-0.2, -0.15) is 4.98 Å². The highest BCUT2D eigenvalue weighted by molar-refractivity contribution is 6.48. The number of ether oxygens (including phenoxy) is 2. The third-order valence-electron chi connectivity index (χ3n) is 5.27. The van der Waals surface area contributed by atoms with Crippen LogP contribution in [0.5, 0.6) is 11.8 Å². The second-order valence-electron chi connectivity index (χ2n) is 8.40. The van der Waals surface area contributed by atoms with Gasteiger partial charge in [0.2, 0.25) is 11.8 Å². The molecule has 0 aliphatic rings. The maximum atomic E-state index is 10.4. The summed E-state index contributed by atoms with van der Waals surface area (Å²) in [6.45, 7) is 7.87. The van der Waals surface area contributed by atoms with Crippen LogP contribution in [0.25, 0.3) is 0 Å². The molecule has 0 amide bonds. The average Bonchev–Trinajstić information content (AvgIpc) is 2.76. The van der Waals surface area contributed by atoms with Gasteiger partial charge in [0.1, 0.15) is 13.2 Å². The lowest BCUT2D eigenvalue weighted by Gasteiger charge is -2.37. The van der Waals surface area contributed by atoms with Crippen LogP contribution < -0.4 is 14.9 Å². The van der Waals surface area contributed by atoms with Gasteiger partial charge in [-0.1, -0.05) is 66.7 Å². The number of rotatable bonds is 10. The van der Waals surface area contributed by atoms with Crippen LogP contribution in [0.2, 0.25) is 0 Å². The Morgan fingerprint density at radius 1 is 0.774 bits per heavy atom. The van der Waals surface area contributed by atoms with E-state index in [-0.39, 0.29) is 0 Å². The van der Waals surface area contributed by atoms with Crippen LogP contribution in [-0.4, -0.2) is 28.8 Å². The van der Waals surface area contributed by atoms with Crippen molar-refractivity contribution >= 4 is 12.9 Å². The Morgan fingerprint density at radius 3 is 1.87 bits per heavy atom. The standard InChI is InChI=1S/C25H29BNO4/c1-24(2,28)25(3,4)31-26-21-15-16-22(29-17-19-11-7-5-8-12-19)27-23(21)30-18-20-13-9-6-10-14-20/h5-16,28H,17-18H2,1-4H3. The Balaban J connectivity index is 1.75. The maximum Gasteiger partial charge on any atom is 0.336 e. The molecule has 0 unspecified atom stereocenters. The monoisotopic (exact) mass is 418 g/mol. The third kappa shape index (κ3) is 6.58. The Hall–Kier alpha value is -2.83. The zero-order valence-corrected chi connectivity index (χ0v) is 18.5. The van der Waals surface area contributed by atoms with Crippen molar-refractivity contribution in [2.24, 2.45) is 0 Å². The van der Waals surface area contributed by atoms with Crippen LogP contribution in [0.1, 0.15) is 38.8 Å². The Bertz CT molecular complexity index is 956. The van der Waals surface area contributed by atoms with Crippen molar-refractivity contribution < 1.29 is 19.2 Å². The number of nitrogens with zero attached hydrogens (tertiary/aromatic N) is 1. The predicted octanol–water partition coefficient (Wildman–Crippen LogP) is 4.05. The first-order valence-corrected chi connectivity index (χ1v) is 10.3. The number of hydrogen-bond donors (Lipinski definition) is 1. The summed E-state index contributed by atoms with van der Waals surface area (Å²) in [6.07, 6.45) is 0. The number of aliphatic hydroxyl groups is 1. The van der Waals surface area contributed by atoms with Crippen molar-refractivity contribution in [2.45, 2.75) is 52.1 Å². The van der Waals surface area contributed by atoms with E-state index in [9.17, 15) is 5.11 Å². The Morgan fingerprint density at radius 2 is 1.32 bits per heavy atom. The number of benzene rings is 2. The van der Waals surface area contributed by atoms with Gasteiger partial charge in [0.05, 0.1) is 11.2 Å². The molecule has 3 rings (SSSR count). The molecule has 0 saturated carbocycles. The molecule has 0 fully saturated rings. The molecule has 0 aliphatic heterocycles. The molecule has 5 nitrogen and oxygen atoms in total. The second-order valence-corrected chi connectivity index (χ2v) is 8.40. The van der Waals surface area contributed by atoms with Gasteiger partial charge in [-0.05, 0) is 38.8 Å². The fourth-order valence-corrected chi connectivity index (χ4v) is 2.53. The van der Waals surface area contributed by atoms with Crippen molar-refractivity contribution in [3.05, 3.63) is 83.9 Å². The van der Waals surface area contributed by atoms with Crippen molar-refractivity contribution in [3.63, 3.8) is 0 Å². The molecule has 0 saturated heterocycles. The van der Waals surface area contributed by atoms with E-state index in [1.165, 1.54) is 0 Å². The van der Waals surface area contributed by atoms with Gasteiger partial charge in [0.15, 0.2) is 0 Å². The highest BCUT2D eigenvalue weighted by atomic mass is 16.5. The molecule has 31 heavy (non-hydrogen) atoms.